The number of carbonyl (C=O) groups is 2. The lowest BCUT2D eigenvalue weighted by atomic mass is 10.0. The third-order valence-corrected chi connectivity index (χ3v) is 4.55. The number of ketones is 2. The molecule has 0 heterocycles. The van der Waals surface area contributed by atoms with Gasteiger partial charge in [-0.2, -0.15) is 0 Å². The Morgan fingerprint density at radius 2 is 1.25 bits per heavy atom. The number of carbonyl (C=O) groups excluding carboxylic acids is 2. The van der Waals surface area contributed by atoms with Crippen molar-refractivity contribution < 1.29 is 9.59 Å². The zero-order valence-corrected chi connectivity index (χ0v) is 16.5. The molecular weight excluding hydrogens is 370 g/mol. The maximum Gasteiger partial charge on any atom is 0.209 e. The number of halogens is 1. The number of anilines is 1. The zero-order valence-electron chi connectivity index (χ0n) is 15.7. The maximum atomic E-state index is 13.0. The second kappa shape index (κ2) is 8.68. The fourth-order valence-electron chi connectivity index (χ4n) is 2.64. The monoisotopic (exact) mass is 389 g/mol. The second-order valence-corrected chi connectivity index (χ2v) is 7.05. The molecule has 4 heteroatoms. The molecule has 0 aromatic heterocycles. The molecule has 1 N–H and O–H groups in total. The Hall–Kier alpha value is -3.17. The summed E-state index contributed by atoms with van der Waals surface area (Å²) in [6, 6.07) is 21.5. The molecule has 0 radical (unpaired) electrons. The van der Waals surface area contributed by atoms with E-state index >= 15 is 0 Å². The molecule has 0 aliphatic carbocycles. The maximum absolute atomic E-state index is 13.0. The first-order valence-electron chi connectivity index (χ1n) is 8.89. The molecule has 3 aromatic rings. The van der Waals surface area contributed by atoms with E-state index in [9.17, 15) is 9.59 Å². The molecule has 0 aliphatic rings. The number of hydrogen-bond acceptors (Lipinski definition) is 3. The molecule has 3 aromatic carbocycles. The van der Waals surface area contributed by atoms with Gasteiger partial charge in [-0.05, 0) is 50.2 Å². The summed E-state index contributed by atoms with van der Waals surface area (Å²) in [6.45, 7) is 3.94. The minimum atomic E-state index is -0.280. The van der Waals surface area contributed by atoms with Gasteiger partial charge in [-0.25, -0.2) is 0 Å². The predicted molar refractivity (Wildman–Crippen MR) is 114 cm³/mol. The van der Waals surface area contributed by atoms with Gasteiger partial charge >= 0.3 is 0 Å². The van der Waals surface area contributed by atoms with Crippen molar-refractivity contribution in [1.82, 2.24) is 0 Å². The van der Waals surface area contributed by atoms with Gasteiger partial charge in [0.25, 0.3) is 0 Å². The van der Waals surface area contributed by atoms with Crippen LogP contribution in [-0.2, 0) is 0 Å². The van der Waals surface area contributed by atoms with Crippen LogP contribution in [0.4, 0.5) is 5.69 Å². The molecule has 0 aliphatic heterocycles. The van der Waals surface area contributed by atoms with E-state index in [0.29, 0.717) is 16.1 Å². The SMILES string of the molecule is Cc1ccc(N/C(=C\C(=O)c2ccc(C)cc2)C(=O)c2ccc(Cl)cc2)cc1. The van der Waals surface area contributed by atoms with E-state index in [2.05, 4.69) is 5.32 Å². The summed E-state index contributed by atoms with van der Waals surface area (Å²) in [6.07, 6.45) is 1.35. The van der Waals surface area contributed by atoms with Crippen molar-refractivity contribution in [2.75, 3.05) is 5.32 Å². The Labute approximate surface area is 169 Å². The molecule has 0 fully saturated rings. The fourth-order valence-corrected chi connectivity index (χ4v) is 2.77. The summed E-state index contributed by atoms with van der Waals surface area (Å²) in [5.41, 5.74) is 4.09. The van der Waals surface area contributed by atoms with Gasteiger partial charge in [-0.15, -0.1) is 0 Å². The number of allylic oxidation sites excluding steroid dienone is 2. The Morgan fingerprint density at radius 3 is 1.82 bits per heavy atom. The molecule has 3 nitrogen and oxygen atoms in total. The van der Waals surface area contributed by atoms with E-state index in [1.54, 1.807) is 36.4 Å². The highest BCUT2D eigenvalue weighted by Crippen LogP contribution is 2.18. The Balaban J connectivity index is 1.96. The zero-order chi connectivity index (χ0) is 20.1. The summed E-state index contributed by atoms with van der Waals surface area (Å²) in [4.78, 5) is 25.7. The average molecular weight is 390 g/mol. The van der Waals surface area contributed by atoms with Crippen LogP contribution in [0, 0.1) is 13.8 Å². The molecule has 0 saturated heterocycles. The number of hydrogen-bond donors (Lipinski definition) is 1. The van der Waals surface area contributed by atoms with Gasteiger partial charge in [-0.3, -0.25) is 9.59 Å². The van der Waals surface area contributed by atoms with Crippen LogP contribution in [0.25, 0.3) is 0 Å². The highest BCUT2D eigenvalue weighted by molar-refractivity contribution is 6.30. The van der Waals surface area contributed by atoms with Crippen LogP contribution < -0.4 is 5.32 Å². The molecule has 140 valence electrons. The largest absolute Gasteiger partial charge is 0.352 e. The van der Waals surface area contributed by atoms with Crippen LogP contribution >= 0.6 is 11.6 Å². The summed E-state index contributed by atoms with van der Waals surface area (Å²) in [5, 5.41) is 3.63. The van der Waals surface area contributed by atoms with E-state index in [1.165, 1.54) is 6.08 Å². The molecule has 0 amide bonds. The molecular formula is C24H20ClNO2. The van der Waals surface area contributed by atoms with Gasteiger partial charge < -0.3 is 5.32 Å². The molecule has 3 rings (SSSR count). The lowest BCUT2D eigenvalue weighted by Gasteiger charge is -2.11. The van der Waals surface area contributed by atoms with Crippen LogP contribution in [0.2, 0.25) is 5.02 Å². The summed E-state index contributed by atoms with van der Waals surface area (Å²) >= 11 is 5.92. The molecule has 0 unspecified atom stereocenters. The van der Waals surface area contributed by atoms with Crippen molar-refractivity contribution in [2.45, 2.75) is 13.8 Å². The van der Waals surface area contributed by atoms with E-state index in [1.807, 2.05) is 50.2 Å². The number of nitrogens with one attached hydrogen (secondary N) is 1. The first kappa shape index (κ1) is 19.6. The van der Waals surface area contributed by atoms with Gasteiger partial charge in [0.1, 0.15) is 0 Å². The van der Waals surface area contributed by atoms with Crippen LogP contribution in [0.15, 0.2) is 84.6 Å². The lowest BCUT2D eigenvalue weighted by Crippen LogP contribution is -2.14. The number of benzene rings is 3. The molecule has 0 saturated carbocycles. The smallest absolute Gasteiger partial charge is 0.209 e. The van der Waals surface area contributed by atoms with E-state index in [4.69, 9.17) is 11.6 Å². The van der Waals surface area contributed by atoms with Gasteiger partial charge in [0.2, 0.25) is 5.78 Å². The molecule has 0 atom stereocenters. The third kappa shape index (κ3) is 4.96. The van der Waals surface area contributed by atoms with Gasteiger partial charge in [0.15, 0.2) is 5.78 Å². The molecule has 28 heavy (non-hydrogen) atoms. The standard InChI is InChI=1S/C24H20ClNO2/c1-16-3-7-18(8-4-16)23(27)15-22(26-21-13-5-17(2)6-14-21)24(28)19-9-11-20(25)12-10-19/h3-15,26H,1-2H3/b22-15-. The van der Waals surface area contributed by atoms with Crippen molar-refractivity contribution >= 4 is 28.9 Å². The van der Waals surface area contributed by atoms with Gasteiger partial charge in [0, 0.05) is 27.9 Å². The number of aryl methyl sites for hydroxylation is 2. The Morgan fingerprint density at radius 1 is 0.750 bits per heavy atom. The van der Waals surface area contributed by atoms with Crippen LogP contribution in [0.3, 0.4) is 0 Å². The van der Waals surface area contributed by atoms with Crippen molar-refractivity contribution in [2.24, 2.45) is 0 Å². The summed E-state index contributed by atoms with van der Waals surface area (Å²) in [5.74, 6) is -0.519. The van der Waals surface area contributed by atoms with Crippen LogP contribution in [0.1, 0.15) is 31.8 Å². The summed E-state index contributed by atoms with van der Waals surface area (Å²) < 4.78 is 0. The highest BCUT2D eigenvalue weighted by Gasteiger charge is 2.15. The summed E-state index contributed by atoms with van der Waals surface area (Å²) in [7, 11) is 0. The lowest BCUT2D eigenvalue weighted by molar-refractivity contribution is 0.101. The van der Waals surface area contributed by atoms with Crippen molar-refractivity contribution in [3.05, 3.63) is 112 Å². The molecule has 0 spiro atoms. The van der Waals surface area contributed by atoms with E-state index < -0.39 is 0 Å². The third-order valence-electron chi connectivity index (χ3n) is 4.29. The van der Waals surface area contributed by atoms with Crippen molar-refractivity contribution in [1.29, 1.82) is 0 Å². The number of Topliss-reactive ketones (excluding diaryl/α,β-unsaturated/α-hetero) is 1. The normalized spacial score (nSPS) is 11.2. The minimum absolute atomic E-state index is 0.205. The first-order chi connectivity index (χ1) is 13.4. The van der Waals surface area contributed by atoms with Crippen molar-refractivity contribution in [3.63, 3.8) is 0 Å². The molecule has 0 bridgehead atoms. The Kier molecular flexibility index (Phi) is 6.07. The highest BCUT2D eigenvalue weighted by atomic mass is 35.5. The van der Waals surface area contributed by atoms with Gasteiger partial charge in [0.05, 0.1) is 5.70 Å². The van der Waals surface area contributed by atoms with Crippen LogP contribution in [-0.4, -0.2) is 11.6 Å². The number of rotatable bonds is 6. The quantitative estimate of drug-likeness (QED) is 0.414. The van der Waals surface area contributed by atoms with E-state index in [0.717, 1.165) is 16.8 Å². The first-order valence-corrected chi connectivity index (χ1v) is 9.27. The Bertz CT molecular complexity index is 1020. The van der Waals surface area contributed by atoms with Crippen LogP contribution in [0.5, 0.6) is 0 Å². The predicted octanol–water partition coefficient (Wildman–Crippen LogP) is 6.02. The topological polar surface area (TPSA) is 46.2 Å². The average Bonchev–Trinajstić information content (AvgIpc) is 2.69. The van der Waals surface area contributed by atoms with Gasteiger partial charge in [-0.1, -0.05) is 59.1 Å². The van der Waals surface area contributed by atoms with Crippen molar-refractivity contribution in [3.8, 4) is 0 Å². The second-order valence-electron chi connectivity index (χ2n) is 6.62. The fraction of sp³-hybridized carbons (Fsp3) is 0.0833. The van der Waals surface area contributed by atoms with E-state index in [-0.39, 0.29) is 17.3 Å². The minimum Gasteiger partial charge on any atom is -0.352 e.